The average molecular weight is 159 g/mol. The van der Waals surface area contributed by atoms with Crippen LogP contribution >= 0.6 is 12.6 Å². The first-order valence-electron chi connectivity index (χ1n) is 3.67. The summed E-state index contributed by atoms with van der Waals surface area (Å²) in [5.74, 6) is 0.887. The van der Waals surface area contributed by atoms with Gasteiger partial charge in [-0.3, -0.25) is 0 Å². The van der Waals surface area contributed by atoms with Crippen molar-refractivity contribution in [2.75, 3.05) is 5.75 Å². The van der Waals surface area contributed by atoms with Crippen molar-refractivity contribution >= 4 is 18.3 Å². The second-order valence-electron chi connectivity index (χ2n) is 3.56. The van der Waals surface area contributed by atoms with E-state index < -0.39 is 0 Å². The Morgan fingerprint density at radius 2 is 1.90 bits per heavy atom. The molecule has 10 heavy (non-hydrogen) atoms. The van der Waals surface area contributed by atoms with E-state index in [0.29, 0.717) is 0 Å². The van der Waals surface area contributed by atoms with Crippen molar-refractivity contribution < 1.29 is 0 Å². The Morgan fingerprint density at radius 3 is 2.20 bits per heavy atom. The molecule has 0 saturated heterocycles. The third-order valence-electron chi connectivity index (χ3n) is 1.49. The molecule has 0 aliphatic rings. The molecule has 0 bridgehead atoms. The Kier molecular flexibility index (Phi) is 4.02. The summed E-state index contributed by atoms with van der Waals surface area (Å²) in [5, 5.41) is 7.61. The highest BCUT2D eigenvalue weighted by molar-refractivity contribution is 7.80. The topological polar surface area (TPSA) is 23.9 Å². The van der Waals surface area contributed by atoms with Crippen LogP contribution in [0, 0.1) is 10.8 Å². The fraction of sp³-hybridized carbons (Fsp3) is 0.875. The minimum Gasteiger partial charge on any atom is -0.309 e. The lowest BCUT2D eigenvalue weighted by atomic mass is 9.88. The molecule has 1 N–H and O–H groups in total. The SMILES string of the molecule is CC(C)(C)C(=N)CCCS. The van der Waals surface area contributed by atoms with Crippen molar-refractivity contribution in [1.29, 1.82) is 5.41 Å². The fourth-order valence-electron chi connectivity index (χ4n) is 0.631. The van der Waals surface area contributed by atoms with Crippen LogP contribution in [0.5, 0.6) is 0 Å². The van der Waals surface area contributed by atoms with Gasteiger partial charge in [-0.25, -0.2) is 0 Å². The normalized spacial score (nSPS) is 11.6. The summed E-state index contributed by atoms with van der Waals surface area (Å²) in [6, 6.07) is 0. The molecule has 0 aliphatic carbocycles. The van der Waals surface area contributed by atoms with Crippen LogP contribution in [0.3, 0.4) is 0 Å². The van der Waals surface area contributed by atoms with Crippen molar-refractivity contribution in [3.63, 3.8) is 0 Å². The van der Waals surface area contributed by atoms with Gasteiger partial charge in [-0.05, 0) is 24.0 Å². The summed E-state index contributed by atoms with van der Waals surface area (Å²) >= 11 is 4.09. The first kappa shape index (κ1) is 10.0. The molecule has 0 spiro atoms. The number of nitrogens with one attached hydrogen (secondary N) is 1. The van der Waals surface area contributed by atoms with Crippen molar-refractivity contribution in [3.05, 3.63) is 0 Å². The molecular formula is C8H17NS. The largest absolute Gasteiger partial charge is 0.309 e. The summed E-state index contributed by atoms with van der Waals surface area (Å²) in [6.45, 7) is 6.23. The molecule has 0 rings (SSSR count). The van der Waals surface area contributed by atoms with E-state index >= 15 is 0 Å². The van der Waals surface area contributed by atoms with Gasteiger partial charge in [0.25, 0.3) is 0 Å². The van der Waals surface area contributed by atoms with Gasteiger partial charge in [-0.1, -0.05) is 20.8 Å². The Hall–Kier alpha value is 0.0200. The number of thiol groups is 1. The van der Waals surface area contributed by atoms with Gasteiger partial charge >= 0.3 is 0 Å². The molecule has 1 nitrogen and oxygen atoms in total. The molecule has 0 saturated carbocycles. The monoisotopic (exact) mass is 159 g/mol. The minimum absolute atomic E-state index is 0.0585. The van der Waals surface area contributed by atoms with E-state index in [1.165, 1.54) is 0 Å². The lowest BCUT2D eigenvalue weighted by molar-refractivity contribution is 0.571. The zero-order valence-electron chi connectivity index (χ0n) is 7.07. The van der Waals surface area contributed by atoms with E-state index in [0.717, 1.165) is 24.3 Å². The van der Waals surface area contributed by atoms with Gasteiger partial charge in [0.15, 0.2) is 0 Å². The number of hydrogen-bond acceptors (Lipinski definition) is 2. The molecular weight excluding hydrogens is 142 g/mol. The lowest BCUT2D eigenvalue weighted by Gasteiger charge is -2.19. The summed E-state index contributed by atoms with van der Waals surface area (Å²) < 4.78 is 0. The zero-order valence-corrected chi connectivity index (χ0v) is 7.96. The smallest absolute Gasteiger partial charge is 0.0143 e. The third kappa shape index (κ3) is 3.94. The van der Waals surface area contributed by atoms with Crippen molar-refractivity contribution in [1.82, 2.24) is 0 Å². The zero-order chi connectivity index (χ0) is 8.20. The molecule has 0 aromatic rings. The average Bonchev–Trinajstić information content (AvgIpc) is 1.80. The van der Waals surface area contributed by atoms with E-state index in [2.05, 4.69) is 33.4 Å². The minimum atomic E-state index is 0.0585. The molecule has 0 atom stereocenters. The van der Waals surface area contributed by atoms with E-state index in [4.69, 9.17) is 5.41 Å². The molecule has 60 valence electrons. The molecule has 0 radical (unpaired) electrons. The summed E-state index contributed by atoms with van der Waals surface area (Å²) in [7, 11) is 0. The van der Waals surface area contributed by atoms with Crippen LogP contribution in [0.2, 0.25) is 0 Å². The molecule has 0 heterocycles. The first-order valence-corrected chi connectivity index (χ1v) is 4.30. The standard InChI is InChI=1S/C8H17NS/c1-8(2,3)7(9)5-4-6-10/h9-10H,4-6H2,1-3H3. The fourth-order valence-corrected chi connectivity index (χ4v) is 0.789. The van der Waals surface area contributed by atoms with Gasteiger partial charge in [-0.2, -0.15) is 12.6 Å². The quantitative estimate of drug-likeness (QED) is 0.467. The van der Waals surface area contributed by atoms with E-state index in [1.807, 2.05) is 0 Å². The summed E-state index contributed by atoms with van der Waals surface area (Å²) in [6.07, 6.45) is 1.92. The highest BCUT2D eigenvalue weighted by Gasteiger charge is 2.15. The van der Waals surface area contributed by atoms with Crippen molar-refractivity contribution in [2.45, 2.75) is 33.6 Å². The molecule has 0 aromatic carbocycles. The Labute approximate surface area is 69.1 Å². The molecule has 0 amide bonds. The first-order chi connectivity index (χ1) is 4.48. The van der Waals surface area contributed by atoms with Gasteiger partial charge in [0.05, 0.1) is 0 Å². The second-order valence-corrected chi connectivity index (χ2v) is 4.00. The third-order valence-corrected chi connectivity index (χ3v) is 1.81. The molecule has 2 heteroatoms. The lowest BCUT2D eigenvalue weighted by Crippen LogP contribution is -2.18. The Balaban J connectivity index is 3.64. The van der Waals surface area contributed by atoms with E-state index in [-0.39, 0.29) is 5.41 Å². The van der Waals surface area contributed by atoms with E-state index in [9.17, 15) is 0 Å². The van der Waals surface area contributed by atoms with Crippen LogP contribution in [0.1, 0.15) is 33.6 Å². The van der Waals surface area contributed by atoms with Gasteiger partial charge in [0.2, 0.25) is 0 Å². The highest BCUT2D eigenvalue weighted by Crippen LogP contribution is 2.17. The number of rotatable bonds is 3. The second kappa shape index (κ2) is 4.02. The van der Waals surface area contributed by atoms with Crippen LogP contribution < -0.4 is 0 Å². The van der Waals surface area contributed by atoms with Crippen LogP contribution in [-0.2, 0) is 0 Å². The molecule has 0 unspecified atom stereocenters. The molecule has 0 fully saturated rings. The number of hydrogen-bond donors (Lipinski definition) is 2. The van der Waals surface area contributed by atoms with Gasteiger partial charge in [0.1, 0.15) is 0 Å². The van der Waals surface area contributed by atoms with Crippen LogP contribution in [-0.4, -0.2) is 11.5 Å². The van der Waals surface area contributed by atoms with Crippen LogP contribution in [0.25, 0.3) is 0 Å². The Bertz CT molecular complexity index is 113. The van der Waals surface area contributed by atoms with Gasteiger partial charge < -0.3 is 5.41 Å². The maximum Gasteiger partial charge on any atom is 0.0143 e. The van der Waals surface area contributed by atoms with E-state index in [1.54, 1.807) is 0 Å². The van der Waals surface area contributed by atoms with Gasteiger partial charge in [0, 0.05) is 5.71 Å². The molecule has 0 aliphatic heterocycles. The van der Waals surface area contributed by atoms with Crippen molar-refractivity contribution in [2.24, 2.45) is 5.41 Å². The molecule has 0 aromatic heterocycles. The summed E-state index contributed by atoms with van der Waals surface area (Å²) in [5.41, 5.74) is 0.893. The van der Waals surface area contributed by atoms with Crippen molar-refractivity contribution in [3.8, 4) is 0 Å². The predicted octanol–water partition coefficient (Wildman–Crippen LogP) is 2.76. The van der Waals surface area contributed by atoms with Gasteiger partial charge in [-0.15, -0.1) is 0 Å². The predicted molar refractivity (Wildman–Crippen MR) is 50.3 cm³/mol. The maximum atomic E-state index is 7.61. The van der Waals surface area contributed by atoms with Crippen LogP contribution in [0.15, 0.2) is 0 Å². The maximum absolute atomic E-state index is 7.61. The van der Waals surface area contributed by atoms with Crippen LogP contribution in [0.4, 0.5) is 0 Å². The highest BCUT2D eigenvalue weighted by atomic mass is 32.1. The Morgan fingerprint density at radius 1 is 1.40 bits per heavy atom. The summed E-state index contributed by atoms with van der Waals surface area (Å²) in [4.78, 5) is 0.